The number of nitrogens with one attached hydrogen (secondary N) is 2. The van der Waals surface area contributed by atoms with Crippen molar-refractivity contribution < 1.29 is 9.47 Å². The van der Waals surface area contributed by atoms with Gasteiger partial charge in [-0.2, -0.15) is 0 Å². The van der Waals surface area contributed by atoms with E-state index in [0.717, 1.165) is 42.5 Å². The SMILES string of the molecule is CCNC(=NCc1ccc(OC)cc1OC)NCCCCN1CCCC1.I. The van der Waals surface area contributed by atoms with Crippen LogP contribution in [0.5, 0.6) is 11.5 Å². The van der Waals surface area contributed by atoms with Gasteiger partial charge in [0.25, 0.3) is 0 Å². The molecule has 1 heterocycles. The summed E-state index contributed by atoms with van der Waals surface area (Å²) in [6.45, 7) is 8.22. The zero-order chi connectivity index (χ0) is 18.6. The Hall–Kier alpha value is -1.22. The Bertz CT molecular complexity index is 563. The summed E-state index contributed by atoms with van der Waals surface area (Å²) < 4.78 is 10.7. The second-order valence-corrected chi connectivity index (χ2v) is 6.56. The third kappa shape index (κ3) is 8.55. The maximum atomic E-state index is 5.45. The molecule has 6 nitrogen and oxygen atoms in total. The molecule has 1 aliphatic heterocycles. The van der Waals surface area contributed by atoms with Crippen molar-refractivity contribution in [2.24, 2.45) is 4.99 Å². The fourth-order valence-electron chi connectivity index (χ4n) is 3.16. The second-order valence-electron chi connectivity index (χ2n) is 6.56. The maximum Gasteiger partial charge on any atom is 0.191 e. The predicted molar refractivity (Wildman–Crippen MR) is 123 cm³/mol. The van der Waals surface area contributed by atoms with Crippen LogP contribution < -0.4 is 20.1 Å². The van der Waals surface area contributed by atoms with Gasteiger partial charge in [0.05, 0.1) is 20.8 Å². The lowest BCUT2D eigenvalue weighted by Gasteiger charge is -2.15. The average molecular weight is 490 g/mol. The van der Waals surface area contributed by atoms with Gasteiger partial charge in [-0.05, 0) is 64.4 Å². The van der Waals surface area contributed by atoms with Crippen LogP contribution in [0.25, 0.3) is 0 Å². The summed E-state index contributed by atoms with van der Waals surface area (Å²) in [6, 6.07) is 5.83. The molecule has 2 N–H and O–H groups in total. The molecule has 0 radical (unpaired) electrons. The third-order valence-corrected chi connectivity index (χ3v) is 4.64. The van der Waals surface area contributed by atoms with Crippen molar-refractivity contribution in [1.82, 2.24) is 15.5 Å². The molecule has 0 unspecified atom stereocenters. The van der Waals surface area contributed by atoms with Crippen LogP contribution in [0.15, 0.2) is 23.2 Å². The standard InChI is InChI=1S/C20H34N4O2.HI/c1-4-21-20(22-11-5-6-12-24-13-7-8-14-24)23-16-17-9-10-18(25-2)15-19(17)26-3;/h9-10,15H,4-8,11-14,16H2,1-3H3,(H2,21,22,23);1H. The number of methoxy groups -OCH3 is 2. The number of unbranched alkanes of at least 4 members (excludes halogenated alkanes) is 1. The van der Waals surface area contributed by atoms with Crippen LogP contribution >= 0.6 is 24.0 Å². The minimum absolute atomic E-state index is 0. The summed E-state index contributed by atoms with van der Waals surface area (Å²) >= 11 is 0. The zero-order valence-electron chi connectivity index (χ0n) is 16.9. The highest BCUT2D eigenvalue weighted by Gasteiger charge is 2.10. The Labute approximate surface area is 181 Å². The number of hydrogen-bond acceptors (Lipinski definition) is 4. The van der Waals surface area contributed by atoms with Crippen molar-refractivity contribution in [2.75, 3.05) is 46.9 Å². The molecule has 0 aromatic heterocycles. The molecule has 1 aliphatic rings. The van der Waals surface area contributed by atoms with Crippen LogP contribution in [-0.4, -0.2) is 57.8 Å². The van der Waals surface area contributed by atoms with E-state index in [0.29, 0.717) is 6.54 Å². The van der Waals surface area contributed by atoms with Gasteiger partial charge in [-0.3, -0.25) is 0 Å². The molecule has 0 amide bonds. The van der Waals surface area contributed by atoms with E-state index >= 15 is 0 Å². The molecule has 2 rings (SSSR count). The summed E-state index contributed by atoms with van der Waals surface area (Å²) in [5.41, 5.74) is 1.04. The molecule has 0 spiro atoms. The first-order chi connectivity index (χ1) is 12.8. The Morgan fingerprint density at radius 3 is 2.56 bits per heavy atom. The molecule has 0 saturated carbocycles. The lowest BCUT2D eigenvalue weighted by Crippen LogP contribution is -2.38. The minimum atomic E-state index is 0. The predicted octanol–water partition coefficient (Wildman–Crippen LogP) is 3.25. The van der Waals surface area contributed by atoms with E-state index in [1.807, 2.05) is 18.2 Å². The number of nitrogens with zero attached hydrogens (tertiary/aromatic N) is 2. The molecule has 7 heteroatoms. The van der Waals surface area contributed by atoms with E-state index in [-0.39, 0.29) is 24.0 Å². The Morgan fingerprint density at radius 1 is 1.11 bits per heavy atom. The van der Waals surface area contributed by atoms with Crippen molar-refractivity contribution in [2.45, 2.75) is 39.2 Å². The number of ether oxygens (including phenoxy) is 2. The van der Waals surface area contributed by atoms with Gasteiger partial charge >= 0.3 is 0 Å². The van der Waals surface area contributed by atoms with Crippen molar-refractivity contribution in [3.05, 3.63) is 23.8 Å². The molecule has 1 saturated heterocycles. The number of rotatable bonds is 10. The van der Waals surface area contributed by atoms with Crippen molar-refractivity contribution >= 4 is 29.9 Å². The van der Waals surface area contributed by atoms with Crippen LogP contribution in [0.1, 0.15) is 38.2 Å². The van der Waals surface area contributed by atoms with Gasteiger partial charge < -0.3 is 25.0 Å². The van der Waals surface area contributed by atoms with Gasteiger partial charge in [0.2, 0.25) is 0 Å². The number of aliphatic imine (C=N–C) groups is 1. The van der Waals surface area contributed by atoms with Crippen molar-refractivity contribution in [3.63, 3.8) is 0 Å². The van der Waals surface area contributed by atoms with E-state index in [4.69, 9.17) is 9.47 Å². The second kappa shape index (κ2) is 13.9. The Kier molecular flexibility index (Phi) is 12.2. The maximum absolute atomic E-state index is 5.45. The first-order valence-electron chi connectivity index (χ1n) is 9.72. The van der Waals surface area contributed by atoms with E-state index in [1.165, 1.54) is 38.9 Å². The summed E-state index contributed by atoms with van der Waals surface area (Å²) in [4.78, 5) is 7.25. The summed E-state index contributed by atoms with van der Waals surface area (Å²) in [5.74, 6) is 2.44. The Morgan fingerprint density at radius 2 is 1.89 bits per heavy atom. The lowest BCUT2D eigenvalue weighted by molar-refractivity contribution is 0.330. The smallest absolute Gasteiger partial charge is 0.191 e. The fraction of sp³-hybridized carbons (Fsp3) is 0.650. The van der Waals surface area contributed by atoms with Crippen LogP contribution in [0, 0.1) is 0 Å². The molecule has 0 bridgehead atoms. The highest BCUT2D eigenvalue weighted by Crippen LogP contribution is 2.25. The van der Waals surface area contributed by atoms with Crippen LogP contribution in [0.4, 0.5) is 0 Å². The fourth-order valence-corrected chi connectivity index (χ4v) is 3.16. The molecule has 154 valence electrons. The van der Waals surface area contributed by atoms with Gasteiger partial charge in [-0.25, -0.2) is 4.99 Å². The van der Waals surface area contributed by atoms with Gasteiger partial charge in [-0.1, -0.05) is 0 Å². The first kappa shape index (κ1) is 23.8. The van der Waals surface area contributed by atoms with E-state index in [2.05, 4.69) is 27.4 Å². The van der Waals surface area contributed by atoms with E-state index in [9.17, 15) is 0 Å². The average Bonchev–Trinajstić information content (AvgIpc) is 3.19. The lowest BCUT2D eigenvalue weighted by atomic mass is 10.2. The van der Waals surface area contributed by atoms with Crippen LogP contribution in [-0.2, 0) is 6.54 Å². The topological polar surface area (TPSA) is 58.1 Å². The number of guanidine groups is 1. The monoisotopic (exact) mass is 490 g/mol. The molecule has 0 atom stereocenters. The number of likely N-dealkylation sites (tertiary alicyclic amines) is 1. The molecular weight excluding hydrogens is 455 g/mol. The quantitative estimate of drug-likeness (QED) is 0.228. The summed E-state index contributed by atoms with van der Waals surface area (Å²) in [5, 5.41) is 6.74. The normalized spacial score (nSPS) is 14.6. The first-order valence-corrected chi connectivity index (χ1v) is 9.72. The largest absolute Gasteiger partial charge is 0.497 e. The Balaban J connectivity index is 0.00000364. The van der Waals surface area contributed by atoms with Gasteiger partial charge in [0.1, 0.15) is 11.5 Å². The molecule has 1 aromatic rings. The third-order valence-electron chi connectivity index (χ3n) is 4.64. The van der Waals surface area contributed by atoms with E-state index in [1.54, 1.807) is 14.2 Å². The van der Waals surface area contributed by atoms with Gasteiger partial charge in [-0.15, -0.1) is 24.0 Å². The number of halogens is 1. The van der Waals surface area contributed by atoms with Gasteiger partial charge in [0, 0.05) is 24.7 Å². The zero-order valence-corrected chi connectivity index (χ0v) is 19.3. The molecule has 0 aliphatic carbocycles. The summed E-state index contributed by atoms with van der Waals surface area (Å²) in [6.07, 6.45) is 5.13. The molecular formula is C20H35IN4O2. The number of benzene rings is 1. The summed E-state index contributed by atoms with van der Waals surface area (Å²) in [7, 11) is 3.33. The highest BCUT2D eigenvalue weighted by atomic mass is 127. The van der Waals surface area contributed by atoms with Crippen LogP contribution in [0.3, 0.4) is 0 Å². The van der Waals surface area contributed by atoms with Crippen LogP contribution in [0.2, 0.25) is 0 Å². The van der Waals surface area contributed by atoms with E-state index < -0.39 is 0 Å². The minimum Gasteiger partial charge on any atom is -0.497 e. The van der Waals surface area contributed by atoms with Crippen molar-refractivity contribution in [3.8, 4) is 11.5 Å². The molecule has 1 fully saturated rings. The van der Waals surface area contributed by atoms with Gasteiger partial charge in [0.15, 0.2) is 5.96 Å². The highest BCUT2D eigenvalue weighted by molar-refractivity contribution is 14.0. The molecule has 1 aromatic carbocycles. The number of hydrogen-bond donors (Lipinski definition) is 2. The molecule has 27 heavy (non-hydrogen) atoms. The van der Waals surface area contributed by atoms with Crippen molar-refractivity contribution in [1.29, 1.82) is 0 Å².